The summed E-state index contributed by atoms with van der Waals surface area (Å²) in [5.41, 5.74) is 1.30. The number of hydrogen-bond donors (Lipinski definition) is 1. The highest BCUT2D eigenvalue weighted by molar-refractivity contribution is 5.47. The molecule has 1 aromatic rings. The average Bonchev–Trinajstić information content (AvgIpc) is 2.40. The predicted octanol–water partition coefficient (Wildman–Crippen LogP) is 2.00. The Hall–Kier alpha value is -1.22. The van der Waals surface area contributed by atoms with Gasteiger partial charge in [-0.1, -0.05) is 12.1 Å². The van der Waals surface area contributed by atoms with Gasteiger partial charge in [-0.25, -0.2) is 0 Å². The van der Waals surface area contributed by atoms with Gasteiger partial charge < -0.3 is 14.8 Å². The molecule has 0 saturated carbocycles. The van der Waals surface area contributed by atoms with Crippen molar-refractivity contribution in [1.29, 1.82) is 0 Å². The van der Waals surface area contributed by atoms with E-state index in [0.717, 1.165) is 30.4 Å². The molecular formula is C14H19NO2. The highest BCUT2D eigenvalue weighted by Gasteiger charge is 2.19. The monoisotopic (exact) mass is 233 g/mol. The molecule has 2 aliphatic rings. The van der Waals surface area contributed by atoms with E-state index in [2.05, 4.69) is 17.4 Å². The Morgan fingerprint density at radius 2 is 2.18 bits per heavy atom. The first kappa shape index (κ1) is 10.9. The van der Waals surface area contributed by atoms with Crippen LogP contribution in [0.3, 0.4) is 0 Å². The van der Waals surface area contributed by atoms with Crippen molar-refractivity contribution in [3.05, 3.63) is 23.8 Å². The summed E-state index contributed by atoms with van der Waals surface area (Å²) in [6.07, 6.45) is 3.70. The summed E-state index contributed by atoms with van der Waals surface area (Å²) in [5.74, 6) is 2.63. The Kier molecular flexibility index (Phi) is 3.18. The molecule has 3 rings (SSSR count). The molecule has 1 saturated heterocycles. The summed E-state index contributed by atoms with van der Waals surface area (Å²) in [4.78, 5) is 0. The van der Waals surface area contributed by atoms with E-state index in [4.69, 9.17) is 9.47 Å². The van der Waals surface area contributed by atoms with E-state index in [-0.39, 0.29) is 0 Å². The van der Waals surface area contributed by atoms with Crippen LogP contribution in [-0.4, -0.2) is 26.3 Å². The zero-order valence-corrected chi connectivity index (χ0v) is 10.1. The van der Waals surface area contributed by atoms with Crippen molar-refractivity contribution < 1.29 is 9.47 Å². The van der Waals surface area contributed by atoms with Crippen molar-refractivity contribution in [2.24, 2.45) is 5.92 Å². The van der Waals surface area contributed by atoms with E-state index in [1.165, 1.54) is 24.9 Å². The SMILES string of the molecule is c1cc(CC2CCCNC2)c2c(c1)OCCO2. The van der Waals surface area contributed by atoms with Gasteiger partial charge in [-0.05, 0) is 49.9 Å². The highest BCUT2D eigenvalue weighted by atomic mass is 16.6. The maximum atomic E-state index is 5.75. The molecule has 1 fully saturated rings. The topological polar surface area (TPSA) is 30.5 Å². The smallest absolute Gasteiger partial charge is 0.164 e. The number of hydrogen-bond acceptors (Lipinski definition) is 3. The lowest BCUT2D eigenvalue weighted by molar-refractivity contribution is 0.169. The number of benzene rings is 1. The average molecular weight is 233 g/mol. The normalized spacial score (nSPS) is 23.4. The third kappa shape index (κ3) is 2.39. The summed E-state index contributed by atoms with van der Waals surface area (Å²) >= 11 is 0. The van der Waals surface area contributed by atoms with E-state index >= 15 is 0 Å². The number of piperidine rings is 1. The standard InChI is InChI=1S/C14H19NO2/c1-4-12(9-11-3-2-6-15-10-11)14-13(5-1)16-7-8-17-14/h1,4-5,11,15H,2-3,6-10H2. The molecule has 17 heavy (non-hydrogen) atoms. The summed E-state index contributed by atoms with van der Waals surface area (Å²) in [6.45, 7) is 3.64. The van der Waals surface area contributed by atoms with Crippen LogP contribution in [0.25, 0.3) is 0 Å². The third-order valence-corrected chi connectivity index (χ3v) is 3.56. The van der Waals surface area contributed by atoms with Gasteiger partial charge in [-0.15, -0.1) is 0 Å². The van der Waals surface area contributed by atoms with Crippen LogP contribution < -0.4 is 14.8 Å². The lowest BCUT2D eigenvalue weighted by Crippen LogP contribution is -2.31. The van der Waals surface area contributed by atoms with E-state index in [1.54, 1.807) is 0 Å². The molecule has 0 radical (unpaired) electrons. The van der Waals surface area contributed by atoms with Gasteiger partial charge in [0.25, 0.3) is 0 Å². The maximum absolute atomic E-state index is 5.75. The second-order valence-electron chi connectivity index (χ2n) is 4.86. The number of nitrogens with one attached hydrogen (secondary N) is 1. The first-order valence-corrected chi connectivity index (χ1v) is 6.52. The zero-order valence-electron chi connectivity index (χ0n) is 10.1. The molecule has 0 aliphatic carbocycles. The van der Waals surface area contributed by atoms with Gasteiger partial charge in [0.1, 0.15) is 13.2 Å². The summed E-state index contributed by atoms with van der Waals surface area (Å²) < 4.78 is 11.4. The number of rotatable bonds is 2. The van der Waals surface area contributed by atoms with Gasteiger partial charge in [-0.2, -0.15) is 0 Å². The molecule has 2 aliphatic heterocycles. The zero-order chi connectivity index (χ0) is 11.5. The fraction of sp³-hybridized carbons (Fsp3) is 0.571. The van der Waals surface area contributed by atoms with Crippen LogP contribution in [0.2, 0.25) is 0 Å². The third-order valence-electron chi connectivity index (χ3n) is 3.56. The second kappa shape index (κ2) is 4.96. The lowest BCUT2D eigenvalue weighted by atomic mass is 9.92. The van der Waals surface area contributed by atoms with Crippen molar-refractivity contribution in [3.8, 4) is 11.5 Å². The van der Waals surface area contributed by atoms with Crippen LogP contribution in [0, 0.1) is 5.92 Å². The lowest BCUT2D eigenvalue weighted by Gasteiger charge is -2.25. The molecule has 3 heteroatoms. The van der Waals surface area contributed by atoms with E-state index in [0.29, 0.717) is 13.2 Å². The van der Waals surface area contributed by atoms with Gasteiger partial charge in [-0.3, -0.25) is 0 Å². The molecule has 2 heterocycles. The predicted molar refractivity (Wildman–Crippen MR) is 66.7 cm³/mol. The second-order valence-corrected chi connectivity index (χ2v) is 4.86. The van der Waals surface area contributed by atoms with Gasteiger partial charge >= 0.3 is 0 Å². The van der Waals surface area contributed by atoms with Gasteiger partial charge in [0.05, 0.1) is 0 Å². The van der Waals surface area contributed by atoms with Crippen molar-refractivity contribution in [2.75, 3.05) is 26.3 Å². The molecule has 1 unspecified atom stereocenters. The van der Waals surface area contributed by atoms with E-state index < -0.39 is 0 Å². The number of para-hydroxylation sites is 1. The summed E-state index contributed by atoms with van der Waals surface area (Å²) in [7, 11) is 0. The Labute approximate surface area is 102 Å². The Morgan fingerprint density at radius 3 is 3.06 bits per heavy atom. The van der Waals surface area contributed by atoms with Crippen molar-refractivity contribution in [2.45, 2.75) is 19.3 Å². The van der Waals surface area contributed by atoms with Crippen LogP contribution in [0.1, 0.15) is 18.4 Å². The maximum Gasteiger partial charge on any atom is 0.164 e. The minimum Gasteiger partial charge on any atom is -0.486 e. The molecule has 1 atom stereocenters. The highest BCUT2D eigenvalue weighted by Crippen LogP contribution is 2.35. The van der Waals surface area contributed by atoms with Crippen LogP contribution in [0.4, 0.5) is 0 Å². The fourth-order valence-corrected chi connectivity index (χ4v) is 2.70. The molecule has 1 N–H and O–H groups in total. The molecule has 0 aromatic heterocycles. The molecular weight excluding hydrogens is 214 g/mol. The van der Waals surface area contributed by atoms with Crippen molar-refractivity contribution in [1.82, 2.24) is 5.32 Å². The van der Waals surface area contributed by atoms with Crippen LogP contribution in [-0.2, 0) is 6.42 Å². The Morgan fingerprint density at radius 1 is 1.24 bits per heavy atom. The van der Waals surface area contributed by atoms with Crippen LogP contribution in [0.15, 0.2) is 18.2 Å². The molecule has 0 bridgehead atoms. The number of ether oxygens (including phenoxy) is 2. The minimum atomic E-state index is 0.668. The van der Waals surface area contributed by atoms with E-state index in [9.17, 15) is 0 Å². The van der Waals surface area contributed by atoms with Gasteiger partial charge in [0.2, 0.25) is 0 Å². The molecule has 92 valence electrons. The number of fused-ring (bicyclic) bond motifs is 1. The molecule has 0 spiro atoms. The largest absolute Gasteiger partial charge is 0.486 e. The van der Waals surface area contributed by atoms with E-state index in [1.807, 2.05) is 6.07 Å². The molecule has 1 aromatic carbocycles. The Balaban J connectivity index is 1.77. The quantitative estimate of drug-likeness (QED) is 0.847. The Bertz CT molecular complexity index is 386. The van der Waals surface area contributed by atoms with Crippen molar-refractivity contribution in [3.63, 3.8) is 0 Å². The minimum absolute atomic E-state index is 0.668. The first-order chi connectivity index (χ1) is 8.43. The van der Waals surface area contributed by atoms with Crippen LogP contribution in [0.5, 0.6) is 11.5 Å². The van der Waals surface area contributed by atoms with Gasteiger partial charge in [0, 0.05) is 0 Å². The fourth-order valence-electron chi connectivity index (χ4n) is 2.70. The van der Waals surface area contributed by atoms with Gasteiger partial charge in [0.15, 0.2) is 11.5 Å². The van der Waals surface area contributed by atoms with Crippen molar-refractivity contribution >= 4 is 0 Å². The molecule has 0 amide bonds. The summed E-state index contributed by atoms with van der Waals surface area (Å²) in [5, 5.41) is 3.46. The molecule has 3 nitrogen and oxygen atoms in total. The first-order valence-electron chi connectivity index (χ1n) is 6.52. The van der Waals surface area contributed by atoms with Crippen LogP contribution >= 0.6 is 0 Å². The summed E-state index contributed by atoms with van der Waals surface area (Å²) in [6, 6.07) is 6.23.